The fourth-order valence-corrected chi connectivity index (χ4v) is 5.08. The average molecular weight is 621 g/mol. The van der Waals surface area contributed by atoms with Crippen LogP contribution in [-0.2, 0) is 20.8 Å². The summed E-state index contributed by atoms with van der Waals surface area (Å²) in [5, 5.41) is 28.2. The van der Waals surface area contributed by atoms with Gasteiger partial charge in [-0.15, -0.1) is 0 Å². The number of nitrogens with one attached hydrogen (secondary N) is 4. The largest absolute Gasteiger partial charge is 0.475 e. The molecule has 4 unspecified atom stereocenters. The highest BCUT2D eigenvalue weighted by atomic mass is 19.3. The van der Waals surface area contributed by atoms with Gasteiger partial charge in [0.05, 0.1) is 24.2 Å². The molecule has 3 rings (SSSR count). The van der Waals surface area contributed by atoms with E-state index < -0.39 is 74.2 Å². The van der Waals surface area contributed by atoms with Crippen LogP contribution in [0.5, 0.6) is 0 Å². The SMILES string of the molecule is CC(C)CC(NC(=O)C(CCCCN)Nc1cnccn1)C(=O)NC(Cc1c[nH]cn1)C(=O)N1CCC(F)(F)CC1B(O)O. The summed E-state index contributed by atoms with van der Waals surface area (Å²) in [7, 11) is -2.21. The third-order valence-electron chi connectivity index (χ3n) is 7.33. The summed E-state index contributed by atoms with van der Waals surface area (Å²) in [5.74, 6) is -6.31. The Morgan fingerprint density at radius 3 is 2.48 bits per heavy atom. The van der Waals surface area contributed by atoms with E-state index in [4.69, 9.17) is 5.73 Å². The van der Waals surface area contributed by atoms with E-state index in [0.717, 1.165) is 4.90 Å². The first-order valence-electron chi connectivity index (χ1n) is 14.8. The average Bonchev–Trinajstić information content (AvgIpc) is 3.48. The summed E-state index contributed by atoms with van der Waals surface area (Å²) in [6.07, 6.45) is 7.61. The maximum Gasteiger partial charge on any atom is 0.475 e. The van der Waals surface area contributed by atoms with Crippen molar-refractivity contribution < 1.29 is 33.2 Å². The molecule has 8 N–H and O–H groups in total. The standard InChI is InChI=1S/C27H42BF2N9O5/c1-17(2)11-20(37-24(40)19(5-3-4-7-31)36-23-15-32-8-9-34-23)25(41)38-21(12-18-14-33-16-35-18)26(42)39-10-6-27(29,30)13-22(39)28(43)44/h8-9,14-17,19-22,43-44H,3-7,10-13,31H2,1-2H3,(H,33,35)(H,34,36)(H,37,40)(H,38,41). The summed E-state index contributed by atoms with van der Waals surface area (Å²) < 4.78 is 28.2. The van der Waals surface area contributed by atoms with Crippen molar-refractivity contribution in [3.8, 4) is 0 Å². The number of carbonyl (C=O) groups excluding carboxylic acids is 3. The quantitative estimate of drug-likeness (QED) is 0.0985. The minimum absolute atomic E-state index is 0.0339. The fourth-order valence-electron chi connectivity index (χ4n) is 5.08. The summed E-state index contributed by atoms with van der Waals surface area (Å²) in [6.45, 7) is 3.75. The van der Waals surface area contributed by atoms with Gasteiger partial charge in [0.25, 0.3) is 5.92 Å². The van der Waals surface area contributed by atoms with Crippen LogP contribution in [0.1, 0.15) is 58.1 Å². The molecule has 3 heterocycles. The highest BCUT2D eigenvalue weighted by Crippen LogP contribution is 2.32. The summed E-state index contributed by atoms with van der Waals surface area (Å²) in [4.78, 5) is 56.9. The molecule has 2 aromatic rings. The number of likely N-dealkylation sites (tertiary alicyclic amines) is 1. The molecular formula is C27H42BF2N9O5. The molecule has 0 aliphatic carbocycles. The zero-order valence-corrected chi connectivity index (χ0v) is 25.0. The number of carbonyl (C=O) groups is 3. The molecule has 2 aromatic heterocycles. The Kier molecular flexibility index (Phi) is 13.0. The van der Waals surface area contributed by atoms with Gasteiger partial charge < -0.3 is 41.6 Å². The van der Waals surface area contributed by atoms with Crippen molar-refractivity contribution in [2.75, 3.05) is 18.4 Å². The number of aromatic nitrogens is 4. The lowest BCUT2D eigenvalue weighted by Crippen LogP contribution is -2.62. The molecule has 44 heavy (non-hydrogen) atoms. The number of imidazole rings is 1. The second-order valence-corrected chi connectivity index (χ2v) is 11.4. The summed E-state index contributed by atoms with van der Waals surface area (Å²) >= 11 is 0. The van der Waals surface area contributed by atoms with Crippen LogP contribution in [0.2, 0.25) is 0 Å². The Morgan fingerprint density at radius 2 is 1.86 bits per heavy atom. The van der Waals surface area contributed by atoms with Crippen LogP contribution in [0.3, 0.4) is 0 Å². The molecule has 1 aliphatic rings. The normalized spacial score (nSPS) is 18.3. The van der Waals surface area contributed by atoms with E-state index >= 15 is 0 Å². The van der Waals surface area contributed by atoms with Crippen LogP contribution in [-0.4, -0.2) is 103 Å². The topological polar surface area (TPSA) is 211 Å². The van der Waals surface area contributed by atoms with Gasteiger partial charge in [0, 0.05) is 44.4 Å². The van der Waals surface area contributed by atoms with E-state index in [2.05, 4.69) is 35.9 Å². The number of halogens is 2. The molecule has 14 nitrogen and oxygen atoms in total. The Bertz CT molecular complexity index is 1190. The van der Waals surface area contributed by atoms with E-state index in [1.54, 1.807) is 0 Å². The van der Waals surface area contributed by atoms with Crippen molar-refractivity contribution >= 4 is 30.7 Å². The lowest BCUT2D eigenvalue weighted by atomic mass is 9.72. The number of rotatable bonds is 16. The van der Waals surface area contributed by atoms with Crippen LogP contribution in [0.15, 0.2) is 31.1 Å². The van der Waals surface area contributed by atoms with E-state index in [1.165, 1.54) is 31.1 Å². The molecule has 1 saturated heterocycles. The second-order valence-electron chi connectivity index (χ2n) is 11.4. The van der Waals surface area contributed by atoms with Gasteiger partial charge >= 0.3 is 7.12 Å². The van der Waals surface area contributed by atoms with Gasteiger partial charge in [-0.1, -0.05) is 13.8 Å². The van der Waals surface area contributed by atoms with Crippen LogP contribution >= 0.6 is 0 Å². The van der Waals surface area contributed by atoms with Gasteiger partial charge in [0.15, 0.2) is 0 Å². The first-order chi connectivity index (χ1) is 20.9. The predicted octanol–water partition coefficient (Wildman–Crippen LogP) is 0.00590. The van der Waals surface area contributed by atoms with E-state index in [-0.39, 0.29) is 18.8 Å². The minimum atomic E-state index is -3.18. The number of unbranched alkanes of at least 4 members (excludes halogenated alkanes) is 1. The molecule has 3 amide bonds. The number of nitrogens with zero attached hydrogens (tertiary/aromatic N) is 4. The number of aromatic amines is 1. The van der Waals surface area contributed by atoms with Crippen molar-refractivity contribution in [1.29, 1.82) is 0 Å². The molecule has 0 spiro atoms. The van der Waals surface area contributed by atoms with Gasteiger partial charge in [0.2, 0.25) is 17.7 Å². The molecule has 0 radical (unpaired) electrons. The third kappa shape index (κ3) is 10.5. The van der Waals surface area contributed by atoms with E-state index in [9.17, 15) is 33.2 Å². The zero-order chi connectivity index (χ0) is 32.3. The maximum absolute atomic E-state index is 14.1. The lowest BCUT2D eigenvalue weighted by Gasteiger charge is -2.40. The number of H-pyrrole nitrogens is 1. The van der Waals surface area contributed by atoms with E-state index in [0.29, 0.717) is 37.3 Å². The first kappa shape index (κ1) is 34.8. The second kappa shape index (κ2) is 16.4. The minimum Gasteiger partial charge on any atom is -0.426 e. The van der Waals surface area contributed by atoms with Crippen LogP contribution in [0.25, 0.3) is 0 Å². The van der Waals surface area contributed by atoms with Crippen molar-refractivity contribution in [3.05, 3.63) is 36.8 Å². The van der Waals surface area contributed by atoms with Crippen LogP contribution < -0.4 is 21.7 Å². The summed E-state index contributed by atoms with van der Waals surface area (Å²) in [6, 6.07) is -3.10. The van der Waals surface area contributed by atoms with Crippen molar-refractivity contribution in [2.24, 2.45) is 11.7 Å². The zero-order valence-electron chi connectivity index (χ0n) is 25.0. The molecule has 4 atom stereocenters. The molecule has 0 bridgehead atoms. The van der Waals surface area contributed by atoms with Crippen molar-refractivity contribution in [2.45, 2.75) is 88.8 Å². The smallest absolute Gasteiger partial charge is 0.426 e. The molecule has 1 aliphatic heterocycles. The third-order valence-corrected chi connectivity index (χ3v) is 7.33. The van der Waals surface area contributed by atoms with Crippen LogP contribution in [0, 0.1) is 5.92 Å². The van der Waals surface area contributed by atoms with Gasteiger partial charge in [-0.3, -0.25) is 19.4 Å². The van der Waals surface area contributed by atoms with Gasteiger partial charge in [-0.2, -0.15) is 0 Å². The number of amides is 3. The predicted molar refractivity (Wildman–Crippen MR) is 158 cm³/mol. The fraction of sp³-hybridized carbons (Fsp3) is 0.630. The number of hydrogen-bond acceptors (Lipinski definition) is 10. The van der Waals surface area contributed by atoms with Gasteiger partial charge in [-0.05, 0) is 38.1 Å². The molecule has 0 saturated carbocycles. The van der Waals surface area contributed by atoms with Gasteiger partial charge in [-0.25, -0.2) is 18.7 Å². The Hall–Kier alpha value is -3.70. The highest BCUT2D eigenvalue weighted by Gasteiger charge is 2.48. The monoisotopic (exact) mass is 621 g/mol. The molecule has 1 fully saturated rings. The Balaban J connectivity index is 1.81. The maximum atomic E-state index is 14.1. The molecular weight excluding hydrogens is 579 g/mol. The number of hydrogen-bond donors (Lipinski definition) is 7. The van der Waals surface area contributed by atoms with E-state index in [1.807, 2.05) is 13.8 Å². The molecule has 242 valence electrons. The van der Waals surface area contributed by atoms with Crippen LogP contribution in [0.4, 0.5) is 14.6 Å². The lowest BCUT2D eigenvalue weighted by molar-refractivity contribution is -0.145. The first-order valence-corrected chi connectivity index (χ1v) is 14.8. The summed E-state index contributed by atoms with van der Waals surface area (Å²) in [5.41, 5.74) is 6.04. The number of alkyl halides is 2. The number of piperidine rings is 1. The highest BCUT2D eigenvalue weighted by molar-refractivity contribution is 6.43. The van der Waals surface area contributed by atoms with Crippen molar-refractivity contribution in [3.63, 3.8) is 0 Å². The number of anilines is 1. The Morgan fingerprint density at radius 1 is 1.14 bits per heavy atom. The number of nitrogens with two attached hydrogens (primary N) is 1. The molecule has 0 aromatic carbocycles. The van der Waals surface area contributed by atoms with Crippen molar-refractivity contribution in [1.82, 2.24) is 35.5 Å². The Labute approximate surface area is 255 Å². The van der Waals surface area contributed by atoms with Gasteiger partial charge in [0.1, 0.15) is 23.9 Å². The molecule has 17 heteroatoms.